The van der Waals surface area contributed by atoms with Gasteiger partial charge in [-0.3, -0.25) is 4.79 Å². The van der Waals surface area contributed by atoms with E-state index in [-0.39, 0.29) is 17.4 Å². The third-order valence-corrected chi connectivity index (χ3v) is 3.90. The summed E-state index contributed by atoms with van der Waals surface area (Å²) >= 11 is 0. The molecule has 2 heteroatoms. The van der Waals surface area contributed by atoms with Crippen molar-refractivity contribution in [1.29, 1.82) is 0 Å². The maximum Gasteiger partial charge on any atom is 0.138 e. The number of rotatable bonds is 0. The standard InChI is InChI=1S/C11H18O2/c1-11(2)6-9(13)10-7(11)4-3-5-8(10)12/h7,9-10,13H,3-6H2,1-2H3. The van der Waals surface area contributed by atoms with Crippen molar-refractivity contribution in [2.45, 2.75) is 45.6 Å². The van der Waals surface area contributed by atoms with Gasteiger partial charge in [0.1, 0.15) is 5.78 Å². The molecule has 0 aromatic carbocycles. The van der Waals surface area contributed by atoms with E-state index in [0.29, 0.717) is 18.1 Å². The second-order valence-electron chi connectivity index (χ2n) is 5.25. The quantitative estimate of drug-likeness (QED) is 0.620. The van der Waals surface area contributed by atoms with Gasteiger partial charge < -0.3 is 5.11 Å². The first kappa shape index (κ1) is 9.20. The molecule has 1 N–H and O–H groups in total. The molecule has 13 heavy (non-hydrogen) atoms. The van der Waals surface area contributed by atoms with Gasteiger partial charge in [-0.1, -0.05) is 13.8 Å². The first-order valence-corrected chi connectivity index (χ1v) is 5.23. The average Bonchev–Trinajstić information content (AvgIpc) is 2.24. The molecule has 0 aliphatic heterocycles. The van der Waals surface area contributed by atoms with Gasteiger partial charge in [-0.15, -0.1) is 0 Å². The monoisotopic (exact) mass is 182 g/mol. The van der Waals surface area contributed by atoms with Gasteiger partial charge in [0.2, 0.25) is 0 Å². The van der Waals surface area contributed by atoms with Gasteiger partial charge in [0, 0.05) is 12.3 Å². The number of ketones is 1. The van der Waals surface area contributed by atoms with Gasteiger partial charge in [-0.2, -0.15) is 0 Å². The summed E-state index contributed by atoms with van der Waals surface area (Å²) in [6, 6.07) is 0. The summed E-state index contributed by atoms with van der Waals surface area (Å²) in [5, 5.41) is 9.81. The zero-order chi connectivity index (χ0) is 9.64. The van der Waals surface area contributed by atoms with Crippen molar-refractivity contribution in [3.63, 3.8) is 0 Å². The van der Waals surface area contributed by atoms with Crippen molar-refractivity contribution in [2.75, 3.05) is 0 Å². The lowest BCUT2D eigenvalue weighted by Crippen LogP contribution is -2.34. The Kier molecular flexibility index (Phi) is 1.99. The van der Waals surface area contributed by atoms with Gasteiger partial charge in [0.25, 0.3) is 0 Å². The molecular weight excluding hydrogens is 164 g/mol. The number of fused-ring (bicyclic) bond motifs is 1. The Morgan fingerprint density at radius 2 is 2.15 bits per heavy atom. The lowest BCUT2D eigenvalue weighted by molar-refractivity contribution is -0.129. The van der Waals surface area contributed by atoms with Crippen molar-refractivity contribution < 1.29 is 9.90 Å². The largest absolute Gasteiger partial charge is 0.392 e. The summed E-state index contributed by atoms with van der Waals surface area (Å²) in [7, 11) is 0. The van der Waals surface area contributed by atoms with Crippen LogP contribution >= 0.6 is 0 Å². The minimum atomic E-state index is -0.368. The molecule has 2 fully saturated rings. The molecule has 0 bridgehead atoms. The van der Waals surface area contributed by atoms with Gasteiger partial charge >= 0.3 is 0 Å². The number of aliphatic hydroxyl groups excluding tert-OH is 1. The Hall–Kier alpha value is -0.370. The fourth-order valence-corrected chi connectivity index (χ4v) is 3.24. The van der Waals surface area contributed by atoms with E-state index in [1.807, 2.05) is 0 Å². The highest BCUT2D eigenvalue weighted by molar-refractivity contribution is 5.83. The van der Waals surface area contributed by atoms with Crippen LogP contribution in [-0.2, 0) is 4.79 Å². The predicted molar refractivity (Wildman–Crippen MR) is 50.2 cm³/mol. The maximum atomic E-state index is 11.6. The van der Waals surface area contributed by atoms with E-state index in [9.17, 15) is 9.90 Å². The SMILES string of the molecule is CC1(C)CC(O)C2C(=O)CCCC21. The number of hydrogen-bond acceptors (Lipinski definition) is 2. The lowest BCUT2D eigenvalue weighted by atomic mass is 9.71. The number of carbonyl (C=O) groups is 1. The molecule has 2 rings (SSSR count). The van der Waals surface area contributed by atoms with Crippen LogP contribution in [0.4, 0.5) is 0 Å². The molecule has 0 aromatic rings. The van der Waals surface area contributed by atoms with Crippen molar-refractivity contribution >= 4 is 5.78 Å². The Balaban J connectivity index is 2.26. The second-order valence-corrected chi connectivity index (χ2v) is 5.25. The molecule has 3 unspecified atom stereocenters. The lowest BCUT2D eigenvalue weighted by Gasteiger charge is -2.33. The molecule has 0 amide bonds. The number of hydrogen-bond donors (Lipinski definition) is 1. The van der Waals surface area contributed by atoms with E-state index in [1.165, 1.54) is 0 Å². The predicted octanol–water partition coefficient (Wildman–Crippen LogP) is 1.76. The van der Waals surface area contributed by atoms with Crippen molar-refractivity contribution in [1.82, 2.24) is 0 Å². The molecule has 2 saturated carbocycles. The Morgan fingerprint density at radius 1 is 1.46 bits per heavy atom. The van der Waals surface area contributed by atoms with Gasteiger partial charge in [0.15, 0.2) is 0 Å². The molecular formula is C11H18O2. The highest BCUT2D eigenvalue weighted by atomic mass is 16.3. The zero-order valence-corrected chi connectivity index (χ0v) is 8.42. The van der Waals surface area contributed by atoms with E-state index < -0.39 is 0 Å². The molecule has 0 radical (unpaired) electrons. The summed E-state index contributed by atoms with van der Waals surface area (Å²) in [4.78, 5) is 11.6. The fraction of sp³-hybridized carbons (Fsp3) is 0.909. The minimum Gasteiger partial charge on any atom is -0.392 e. The van der Waals surface area contributed by atoms with E-state index in [0.717, 1.165) is 19.3 Å². The van der Waals surface area contributed by atoms with Crippen LogP contribution in [0.2, 0.25) is 0 Å². The Bertz CT molecular complexity index is 232. The molecule has 74 valence electrons. The number of aliphatic hydroxyl groups is 1. The van der Waals surface area contributed by atoms with Crippen LogP contribution in [0.5, 0.6) is 0 Å². The summed E-state index contributed by atoms with van der Waals surface area (Å²) < 4.78 is 0. The molecule has 2 aliphatic rings. The molecule has 0 aromatic heterocycles. The first-order chi connectivity index (χ1) is 6.02. The van der Waals surface area contributed by atoms with Crippen molar-refractivity contribution in [3.05, 3.63) is 0 Å². The molecule has 2 aliphatic carbocycles. The third-order valence-electron chi connectivity index (χ3n) is 3.90. The van der Waals surface area contributed by atoms with Gasteiger partial charge in [-0.05, 0) is 30.6 Å². The number of carbonyl (C=O) groups excluding carboxylic acids is 1. The van der Waals surface area contributed by atoms with Crippen LogP contribution in [-0.4, -0.2) is 17.0 Å². The van der Waals surface area contributed by atoms with Crippen LogP contribution in [0.1, 0.15) is 39.5 Å². The summed E-state index contributed by atoms with van der Waals surface area (Å²) in [5.41, 5.74) is 0.167. The summed E-state index contributed by atoms with van der Waals surface area (Å²) in [6.07, 6.45) is 3.27. The summed E-state index contributed by atoms with van der Waals surface area (Å²) in [6.45, 7) is 4.36. The third kappa shape index (κ3) is 1.32. The normalized spacial score (nSPS) is 43.3. The van der Waals surface area contributed by atoms with Crippen LogP contribution < -0.4 is 0 Å². The topological polar surface area (TPSA) is 37.3 Å². The number of Topliss-reactive ketones (excluding diaryl/α,β-unsaturated/α-hetero) is 1. The molecule has 2 nitrogen and oxygen atoms in total. The van der Waals surface area contributed by atoms with Crippen molar-refractivity contribution in [3.8, 4) is 0 Å². The van der Waals surface area contributed by atoms with E-state index in [2.05, 4.69) is 13.8 Å². The van der Waals surface area contributed by atoms with Crippen LogP contribution in [0.25, 0.3) is 0 Å². The van der Waals surface area contributed by atoms with Crippen molar-refractivity contribution in [2.24, 2.45) is 17.3 Å². The van der Waals surface area contributed by atoms with E-state index in [4.69, 9.17) is 0 Å². The highest BCUT2D eigenvalue weighted by Gasteiger charge is 2.51. The maximum absolute atomic E-state index is 11.6. The van der Waals surface area contributed by atoms with Gasteiger partial charge in [-0.25, -0.2) is 0 Å². The smallest absolute Gasteiger partial charge is 0.138 e. The fourth-order valence-electron chi connectivity index (χ4n) is 3.24. The second kappa shape index (κ2) is 2.81. The van der Waals surface area contributed by atoms with E-state index >= 15 is 0 Å². The van der Waals surface area contributed by atoms with Gasteiger partial charge in [0.05, 0.1) is 6.10 Å². The first-order valence-electron chi connectivity index (χ1n) is 5.23. The average molecular weight is 182 g/mol. The molecule has 0 spiro atoms. The Labute approximate surface area is 79.3 Å². The molecule has 0 saturated heterocycles. The Morgan fingerprint density at radius 3 is 2.77 bits per heavy atom. The van der Waals surface area contributed by atoms with Crippen LogP contribution in [0, 0.1) is 17.3 Å². The highest BCUT2D eigenvalue weighted by Crippen LogP contribution is 2.51. The minimum absolute atomic E-state index is 0.0382. The zero-order valence-electron chi connectivity index (χ0n) is 8.42. The van der Waals surface area contributed by atoms with E-state index in [1.54, 1.807) is 0 Å². The van der Waals surface area contributed by atoms with Crippen LogP contribution in [0.15, 0.2) is 0 Å². The molecule has 0 heterocycles. The molecule has 3 atom stereocenters. The summed E-state index contributed by atoms with van der Waals surface area (Å²) in [5.74, 6) is 0.696. The van der Waals surface area contributed by atoms with Crippen LogP contribution in [0.3, 0.4) is 0 Å².